The molecular weight excluding hydrogens is 208 g/mol. The molecule has 0 spiro atoms. The summed E-state index contributed by atoms with van der Waals surface area (Å²) in [6.07, 6.45) is 1.55. The molecular formula is C12H14O4. The van der Waals surface area contributed by atoms with Gasteiger partial charge in [0.2, 0.25) is 6.79 Å². The molecule has 1 aromatic carbocycles. The molecule has 0 atom stereocenters. The lowest BCUT2D eigenvalue weighted by molar-refractivity contribution is -0.136. The lowest BCUT2D eigenvalue weighted by atomic mass is 10.00. The van der Waals surface area contributed by atoms with Crippen LogP contribution in [0.3, 0.4) is 0 Å². The lowest BCUT2D eigenvalue weighted by Crippen LogP contribution is -2.00. The van der Waals surface area contributed by atoms with Crippen LogP contribution in [0.2, 0.25) is 0 Å². The van der Waals surface area contributed by atoms with Crippen LogP contribution in [0.1, 0.15) is 24.5 Å². The molecule has 86 valence electrons. The quantitative estimate of drug-likeness (QED) is 0.846. The van der Waals surface area contributed by atoms with Crippen LogP contribution in [0.4, 0.5) is 0 Å². The van der Waals surface area contributed by atoms with Gasteiger partial charge in [-0.25, -0.2) is 0 Å². The summed E-state index contributed by atoms with van der Waals surface area (Å²) in [7, 11) is 0. The Bertz CT molecular complexity index is 412. The fraction of sp³-hybridized carbons (Fsp3) is 0.417. The number of rotatable bonds is 4. The Morgan fingerprint density at radius 2 is 1.94 bits per heavy atom. The first-order chi connectivity index (χ1) is 7.70. The highest BCUT2D eigenvalue weighted by Gasteiger charge is 2.16. The van der Waals surface area contributed by atoms with E-state index >= 15 is 0 Å². The highest BCUT2D eigenvalue weighted by Crippen LogP contribution is 2.35. The number of aryl methyl sites for hydroxylation is 2. The average molecular weight is 222 g/mol. The molecule has 2 rings (SSSR count). The Labute approximate surface area is 93.8 Å². The monoisotopic (exact) mass is 222 g/mol. The Balaban J connectivity index is 2.25. The van der Waals surface area contributed by atoms with Gasteiger partial charge in [-0.05, 0) is 36.1 Å². The molecule has 16 heavy (non-hydrogen) atoms. The van der Waals surface area contributed by atoms with Crippen LogP contribution in [0.5, 0.6) is 11.5 Å². The zero-order valence-electron chi connectivity index (χ0n) is 9.16. The van der Waals surface area contributed by atoms with E-state index in [2.05, 4.69) is 0 Å². The van der Waals surface area contributed by atoms with E-state index in [0.29, 0.717) is 6.42 Å². The van der Waals surface area contributed by atoms with Crippen molar-refractivity contribution >= 4 is 5.97 Å². The van der Waals surface area contributed by atoms with Crippen molar-refractivity contribution < 1.29 is 19.4 Å². The Kier molecular flexibility index (Phi) is 2.99. The predicted molar refractivity (Wildman–Crippen MR) is 57.9 cm³/mol. The van der Waals surface area contributed by atoms with E-state index in [0.717, 1.165) is 29.0 Å². The fourth-order valence-corrected chi connectivity index (χ4v) is 1.83. The molecule has 4 nitrogen and oxygen atoms in total. The number of aliphatic carboxylic acids is 1. The molecule has 0 aromatic heterocycles. The van der Waals surface area contributed by atoms with Gasteiger partial charge in [-0.15, -0.1) is 0 Å². The maximum atomic E-state index is 10.6. The number of fused-ring (bicyclic) bond motifs is 1. The maximum absolute atomic E-state index is 10.6. The van der Waals surface area contributed by atoms with Gasteiger partial charge in [-0.1, -0.05) is 6.92 Å². The minimum atomic E-state index is -0.778. The molecule has 1 aromatic rings. The molecule has 0 aliphatic carbocycles. The molecule has 0 saturated heterocycles. The summed E-state index contributed by atoms with van der Waals surface area (Å²) >= 11 is 0. The molecule has 0 amide bonds. The summed E-state index contributed by atoms with van der Waals surface area (Å²) in [4.78, 5) is 10.6. The average Bonchev–Trinajstić information content (AvgIpc) is 2.71. The van der Waals surface area contributed by atoms with Crippen molar-refractivity contribution in [1.82, 2.24) is 0 Å². The SMILES string of the molecule is CCc1cc2c(cc1CCC(=O)O)OCO2. The van der Waals surface area contributed by atoms with Gasteiger partial charge in [-0.2, -0.15) is 0 Å². The number of benzene rings is 1. The summed E-state index contributed by atoms with van der Waals surface area (Å²) in [5.74, 6) is 0.702. The number of carboxylic acids is 1. The molecule has 0 bridgehead atoms. The standard InChI is InChI=1S/C12H14O4/c1-2-8-5-10-11(16-7-15-10)6-9(8)3-4-12(13)14/h5-6H,2-4,7H2,1H3,(H,13,14). The van der Waals surface area contributed by atoms with Crippen molar-refractivity contribution in [3.63, 3.8) is 0 Å². The second-order valence-corrected chi connectivity index (χ2v) is 3.72. The highest BCUT2D eigenvalue weighted by atomic mass is 16.7. The second-order valence-electron chi connectivity index (χ2n) is 3.72. The molecule has 0 fully saturated rings. The lowest BCUT2D eigenvalue weighted by Gasteiger charge is -2.08. The van der Waals surface area contributed by atoms with E-state index in [9.17, 15) is 4.79 Å². The first kappa shape index (κ1) is 10.8. The first-order valence-electron chi connectivity index (χ1n) is 5.34. The van der Waals surface area contributed by atoms with Crippen molar-refractivity contribution in [3.05, 3.63) is 23.3 Å². The first-order valence-corrected chi connectivity index (χ1v) is 5.34. The second kappa shape index (κ2) is 4.43. The van der Waals surface area contributed by atoms with Crippen LogP contribution in [0.25, 0.3) is 0 Å². The smallest absolute Gasteiger partial charge is 0.303 e. The zero-order chi connectivity index (χ0) is 11.5. The third-order valence-electron chi connectivity index (χ3n) is 2.68. The van der Waals surface area contributed by atoms with Crippen LogP contribution in [-0.4, -0.2) is 17.9 Å². The van der Waals surface area contributed by atoms with Crippen LogP contribution < -0.4 is 9.47 Å². The van der Waals surface area contributed by atoms with Crippen LogP contribution in [0, 0.1) is 0 Å². The van der Waals surface area contributed by atoms with Gasteiger partial charge >= 0.3 is 5.97 Å². The Morgan fingerprint density at radius 1 is 1.31 bits per heavy atom. The van der Waals surface area contributed by atoms with Crippen LogP contribution in [0.15, 0.2) is 12.1 Å². The van der Waals surface area contributed by atoms with Gasteiger partial charge in [0.05, 0.1) is 0 Å². The van der Waals surface area contributed by atoms with Crippen molar-refractivity contribution in [2.24, 2.45) is 0 Å². The number of carboxylic acid groups (broad SMARTS) is 1. The van der Waals surface area contributed by atoms with Gasteiger partial charge in [0.15, 0.2) is 11.5 Å². The van der Waals surface area contributed by atoms with E-state index in [-0.39, 0.29) is 13.2 Å². The zero-order valence-corrected chi connectivity index (χ0v) is 9.16. The minimum absolute atomic E-state index is 0.145. The van der Waals surface area contributed by atoms with E-state index < -0.39 is 5.97 Å². The van der Waals surface area contributed by atoms with Crippen molar-refractivity contribution in [1.29, 1.82) is 0 Å². The van der Waals surface area contributed by atoms with E-state index in [1.165, 1.54) is 0 Å². The number of ether oxygens (including phenoxy) is 2. The molecule has 0 unspecified atom stereocenters. The van der Waals surface area contributed by atoms with E-state index in [1.807, 2.05) is 19.1 Å². The molecule has 4 heteroatoms. The minimum Gasteiger partial charge on any atom is -0.481 e. The third-order valence-corrected chi connectivity index (χ3v) is 2.68. The molecule has 1 aliphatic rings. The summed E-state index contributed by atoms with van der Waals surface area (Å²) in [5, 5.41) is 8.68. The van der Waals surface area contributed by atoms with Crippen molar-refractivity contribution in [2.75, 3.05) is 6.79 Å². The molecule has 0 saturated carbocycles. The van der Waals surface area contributed by atoms with Gasteiger partial charge in [0.25, 0.3) is 0 Å². The van der Waals surface area contributed by atoms with E-state index in [1.54, 1.807) is 0 Å². The molecule has 0 radical (unpaired) electrons. The summed E-state index contributed by atoms with van der Waals surface area (Å²) in [6, 6.07) is 3.84. The summed E-state index contributed by atoms with van der Waals surface area (Å²) in [6.45, 7) is 2.29. The molecule has 1 N–H and O–H groups in total. The highest BCUT2D eigenvalue weighted by molar-refractivity contribution is 5.67. The van der Waals surface area contributed by atoms with Crippen LogP contribution in [-0.2, 0) is 17.6 Å². The number of hydrogen-bond donors (Lipinski definition) is 1. The van der Waals surface area contributed by atoms with Gasteiger partial charge in [0, 0.05) is 6.42 Å². The number of hydrogen-bond acceptors (Lipinski definition) is 3. The largest absolute Gasteiger partial charge is 0.481 e. The number of carbonyl (C=O) groups is 1. The van der Waals surface area contributed by atoms with Crippen LogP contribution >= 0.6 is 0 Å². The van der Waals surface area contributed by atoms with Gasteiger partial charge in [0.1, 0.15) is 0 Å². The normalized spacial score (nSPS) is 12.8. The Morgan fingerprint density at radius 3 is 2.50 bits per heavy atom. The summed E-state index contributed by atoms with van der Waals surface area (Å²) in [5.41, 5.74) is 2.17. The molecule has 1 heterocycles. The van der Waals surface area contributed by atoms with E-state index in [4.69, 9.17) is 14.6 Å². The third kappa shape index (κ3) is 2.10. The predicted octanol–water partition coefficient (Wildman–Crippen LogP) is 1.99. The Hall–Kier alpha value is -1.71. The fourth-order valence-electron chi connectivity index (χ4n) is 1.83. The molecule has 1 aliphatic heterocycles. The topological polar surface area (TPSA) is 55.8 Å². The maximum Gasteiger partial charge on any atom is 0.303 e. The van der Waals surface area contributed by atoms with Crippen molar-refractivity contribution in [3.8, 4) is 11.5 Å². The van der Waals surface area contributed by atoms with Gasteiger partial charge < -0.3 is 14.6 Å². The van der Waals surface area contributed by atoms with Crippen molar-refractivity contribution in [2.45, 2.75) is 26.2 Å². The summed E-state index contributed by atoms with van der Waals surface area (Å²) < 4.78 is 10.6. The van der Waals surface area contributed by atoms with Gasteiger partial charge in [-0.3, -0.25) is 4.79 Å².